The summed E-state index contributed by atoms with van der Waals surface area (Å²) in [6, 6.07) is 10.9. The fourth-order valence-electron chi connectivity index (χ4n) is 3.75. The number of nitrogens with zero attached hydrogens (tertiary/aromatic N) is 2. The summed E-state index contributed by atoms with van der Waals surface area (Å²) in [6.45, 7) is 1.76. The van der Waals surface area contributed by atoms with Crippen molar-refractivity contribution in [2.24, 2.45) is 0 Å². The van der Waals surface area contributed by atoms with Crippen molar-refractivity contribution in [1.82, 2.24) is 4.98 Å². The molecule has 0 radical (unpaired) electrons. The Morgan fingerprint density at radius 3 is 2.53 bits per heavy atom. The Labute approximate surface area is 182 Å². The Kier molecular flexibility index (Phi) is 5.44. The van der Waals surface area contributed by atoms with Gasteiger partial charge in [-0.15, -0.1) is 0 Å². The van der Waals surface area contributed by atoms with Crippen LogP contribution in [0.25, 0.3) is 5.76 Å². The fraction of sp³-hybridized carbons (Fsp3) is 0.125. The number of halogens is 2. The molecule has 0 saturated carbocycles. The third-order valence-electron chi connectivity index (χ3n) is 5.25. The highest BCUT2D eigenvalue weighted by atomic mass is 19.1. The van der Waals surface area contributed by atoms with Gasteiger partial charge in [-0.1, -0.05) is 6.07 Å². The summed E-state index contributed by atoms with van der Waals surface area (Å²) in [5, 5.41) is 11.1. The molecule has 2 heterocycles. The van der Waals surface area contributed by atoms with Gasteiger partial charge in [-0.05, 0) is 55.0 Å². The highest BCUT2D eigenvalue weighted by Gasteiger charge is 2.48. The van der Waals surface area contributed by atoms with Gasteiger partial charge in [0, 0.05) is 17.8 Å². The number of hydrogen-bond acceptors (Lipinski definition) is 5. The topological polar surface area (TPSA) is 79.7 Å². The molecule has 4 rings (SSSR count). The zero-order valence-electron chi connectivity index (χ0n) is 17.2. The van der Waals surface area contributed by atoms with E-state index in [0.717, 1.165) is 23.1 Å². The molecule has 32 heavy (non-hydrogen) atoms. The number of carbonyl (C=O) groups excluding carboxylic acids is 2. The molecular weight excluding hydrogens is 418 g/mol. The second kappa shape index (κ2) is 8.22. The van der Waals surface area contributed by atoms with Crippen molar-refractivity contribution in [2.75, 3.05) is 12.0 Å². The molecule has 3 aromatic rings. The maximum atomic E-state index is 14.6. The van der Waals surface area contributed by atoms with E-state index >= 15 is 0 Å². The Balaban J connectivity index is 1.96. The van der Waals surface area contributed by atoms with Crippen molar-refractivity contribution >= 4 is 23.1 Å². The smallest absolute Gasteiger partial charge is 0.300 e. The summed E-state index contributed by atoms with van der Waals surface area (Å²) in [6.07, 6.45) is 1.44. The third-order valence-corrected chi connectivity index (χ3v) is 5.25. The number of ketones is 1. The molecule has 0 aliphatic carbocycles. The fourth-order valence-corrected chi connectivity index (χ4v) is 3.75. The SMILES string of the molecule is COc1ccc(/C(O)=C2\C(=O)C(=O)N(c3cc(F)ccc3F)C2c2ccccn2)cc1C. The highest BCUT2D eigenvalue weighted by Crippen LogP contribution is 2.42. The molecule has 1 N–H and O–H groups in total. The van der Waals surface area contributed by atoms with E-state index in [2.05, 4.69) is 4.98 Å². The number of aromatic nitrogens is 1. The van der Waals surface area contributed by atoms with Crippen LogP contribution in [-0.4, -0.2) is 28.9 Å². The van der Waals surface area contributed by atoms with Gasteiger partial charge in [-0.25, -0.2) is 8.78 Å². The summed E-state index contributed by atoms with van der Waals surface area (Å²) >= 11 is 0. The number of ether oxygens (including phenoxy) is 1. The van der Waals surface area contributed by atoms with Crippen LogP contribution >= 0.6 is 0 Å². The van der Waals surface area contributed by atoms with E-state index in [0.29, 0.717) is 11.3 Å². The number of methoxy groups -OCH3 is 1. The summed E-state index contributed by atoms with van der Waals surface area (Å²) in [4.78, 5) is 31.0. The van der Waals surface area contributed by atoms with Gasteiger partial charge in [-0.3, -0.25) is 19.5 Å². The van der Waals surface area contributed by atoms with Gasteiger partial charge in [0.25, 0.3) is 11.7 Å². The molecule has 6 nitrogen and oxygen atoms in total. The number of aryl methyl sites for hydroxylation is 1. The number of aliphatic hydroxyl groups is 1. The second-order valence-corrected chi connectivity index (χ2v) is 7.20. The molecule has 1 aromatic heterocycles. The maximum Gasteiger partial charge on any atom is 0.300 e. The van der Waals surface area contributed by atoms with E-state index in [1.54, 1.807) is 31.2 Å². The first-order valence-electron chi connectivity index (χ1n) is 9.65. The minimum absolute atomic E-state index is 0.210. The van der Waals surface area contributed by atoms with Crippen LogP contribution in [0.4, 0.5) is 14.5 Å². The monoisotopic (exact) mass is 436 g/mol. The third kappa shape index (κ3) is 3.49. The highest BCUT2D eigenvalue weighted by molar-refractivity contribution is 6.51. The number of Topliss-reactive ketones (excluding diaryl/α,β-unsaturated/α-hetero) is 1. The van der Waals surface area contributed by atoms with Crippen molar-refractivity contribution in [2.45, 2.75) is 13.0 Å². The van der Waals surface area contributed by atoms with Crippen LogP contribution in [0, 0.1) is 18.6 Å². The van der Waals surface area contributed by atoms with Crippen molar-refractivity contribution in [3.8, 4) is 5.75 Å². The lowest BCUT2D eigenvalue weighted by molar-refractivity contribution is -0.132. The summed E-state index contributed by atoms with van der Waals surface area (Å²) in [5.41, 5.74) is 0.468. The predicted molar refractivity (Wildman–Crippen MR) is 113 cm³/mol. The molecule has 1 atom stereocenters. The minimum atomic E-state index is -1.25. The van der Waals surface area contributed by atoms with Gasteiger partial charge >= 0.3 is 0 Å². The minimum Gasteiger partial charge on any atom is -0.507 e. The molecule has 1 aliphatic rings. The molecule has 162 valence electrons. The first-order chi connectivity index (χ1) is 15.3. The molecule has 1 saturated heterocycles. The van der Waals surface area contributed by atoms with Gasteiger partial charge in [0.2, 0.25) is 0 Å². The van der Waals surface area contributed by atoms with Gasteiger partial charge in [0.1, 0.15) is 29.2 Å². The summed E-state index contributed by atoms with van der Waals surface area (Å²) < 4.78 is 33.7. The van der Waals surface area contributed by atoms with Crippen molar-refractivity contribution in [3.05, 3.63) is 94.8 Å². The van der Waals surface area contributed by atoms with Crippen LogP contribution in [-0.2, 0) is 9.59 Å². The first-order valence-corrected chi connectivity index (χ1v) is 9.65. The molecule has 1 amide bonds. The standard InChI is InChI=1S/C24H18F2N2O4/c1-13-11-14(6-9-19(13)32-2)22(29)20-21(17-5-3-4-10-27-17)28(24(31)23(20)30)18-12-15(25)7-8-16(18)26/h3-12,21,29H,1-2H3/b22-20+. The van der Waals surface area contributed by atoms with Gasteiger partial charge in [0.15, 0.2) is 0 Å². The Bertz CT molecular complexity index is 1260. The van der Waals surface area contributed by atoms with Crippen LogP contribution < -0.4 is 9.64 Å². The van der Waals surface area contributed by atoms with Crippen LogP contribution in [0.2, 0.25) is 0 Å². The molecule has 2 aromatic carbocycles. The molecule has 1 aliphatic heterocycles. The number of carbonyl (C=O) groups is 2. The molecule has 0 spiro atoms. The lowest BCUT2D eigenvalue weighted by atomic mass is 9.97. The van der Waals surface area contributed by atoms with Crippen LogP contribution in [0.15, 0.2) is 66.4 Å². The van der Waals surface area contributed by atoms with Crippen molar-refractivity contribution in [1.29, 1.82) is 0 Å². The molecule has 1 unspecified atom stereocenters. The normalized spacial score (nSPS) is 17.6. The van der Waals surface area contributed by atoms with Crippen molar-refractivity contribution < 1.29 is 28.2 Å². The zero-order valence-corrected chi connectivity index (χ0v) is 17.2. The van der Waals surface area contributed by atoms with E-state index in [4.69, 9.17) is 4.74 Å². The average Bonchev–Trinajstić information content (AvgIpc) is 3.06. The predicted octanol–water partition coefficient (Wildman–Crippen LogP) is 4.30. The van der Waals surface area contributed by atoms with Crippen LogP contribution in [0.1, 0.15) is 22.9 Å². The number of anilines is 1. The van der Waals surface area contributed by atoms with Crippen LogP contribution in [0.3, 0.4) is 0 Å². The largest absolute Gasteiger partial charge is 0.507 e. The molecule has 0 bridgehead atoms. The Morgan fingerprint density at radius 1 is 1.09 bits per heavy atom. The van der Waals surface area contributed by atoms with Gasteiger partial charge in [0.05, 0.1) is 24.1 Å². The van der Waals surface area contributed by atoms with Crippen LogP contribution in [0.5, 0.6) is 5.75 Å². The number of aliphatic hydroxyl groups excluding tert-OH is 1. The molecule has 1 fully saturated rings. The van der Waals surface area contributed by atoms with E-state index in [1.807, 2.05) is 0 Å². The van der Waals surface area contributed by atoms with Gasteiger partial charge < -0.3 is 9.84 Å². The number of benzene rings is 2. The summed E-state index contributed by atoms with van der Waals surface area (Å²) in [7, 11) is 1.50. The van der Waals surface area contributed by atoms with E-state index in [9.17, 15) is 23.5 Å². The number of rotatable bonds is 4. The second-order valence-electron chi connectivity index (χ2n) is 7.20. The number of amides is 1. The first kappa shape index (κ1) is 21.2. The number of pyridine rings is 1. The molecular formula is C24H18F2N2O4. The average molecular weight is 436 g/mol. The molecule has 8 heteroatoms. The Hall–Kier alpha value is -4.07. The number of hydrogen-bond donors (Lipinski definition) is 1. The van der Waals surface area contributed by atoms with Crippen molar-refractivity contribution in [3.63, 3.8) is 0 Å². The lowest BCUT2D eigenvalue weighted by Crippen LogP contribution is -2.30. The van der Waals surface area contributed by atoms with Gasteiger partial charge in [-0.2, -0.15) is 0 Å². The maximum absolute atomic E-state index is 14.6. The van der Waals surface area contributed by atoms with E-state index < -0.39 is 40.8 Å². The Morgan fingerprint density at radius 2 is 1.88 bits per heavy atom. The zero-order chi connectivity index (χ0) is 23.0. The van der Waals surface area contributed by atoms with E-state index in [-0.39, 0.29) is 16.8 Å². The summed E-state index contributed by atoms with van der Waals surface area (Å²) in [5.74, 6) is -3.69. The van der Waals surface area contributed by atoms with E-state index in [1.165, 1.54) is 25.4 Å². The lowest BCUT2D eigenvalue weighted by Gasteiger charge is -2.25. The quantitative estimate of drug-likeness (QED) is 0.375.